The standard InChI is InChI=1S/C26H34FN3O.ClH/c1-22(2)26(21-28,23-7-4-3-5-8-23)13-6-14-29-15-17-30(18-16-29)19-20-31-25-11-9-24(27)10-12-25;/h3-5,7-12,22H,6,13-20H2,1-2H3;1H. The van der Waals surface area contributed by atoms with Crippen molar-refractivity contribution < 1.29 is 9.13 Å². The van der Waals surface area contributed by atoms with Crippen LogP contribution in [0.3, 0.4) is 0 Å². The summed E-state index contributed by atoms with van der Waals surface area (Å²) in [4.78, 5) is 4.92. The Morgan fingerprint density at radius 1 is 0.969 bits per heavy atom. The third-order valence-corrected chi connectivity index (χ3v) is 6.47. The molecule has 1 unspecified atom stereocenters. The summed E-state index contributed by atoms with van der Waals surface area (Å²) in [5.41, 5.74) is 0.722. The van der Waals surface area contributed by atoms with Crippen LogP contribution in [-0.2, 0) is 5.41 Å². The summed E-state index contributed by atoms with van der Waals surface area (Å²) >= 11 is 0. The summed E-state index contributed by atoms with van der Waals surface area (Å²) in [7, 11) is 0. The molecule has 0 radical (unpaired) electrons. The molecule has 1 fully saturated rings. The lowest BCUT2D eigenvalue weighted by Gasteiger charge is -2.36. The Kier molecular flexibility index (Phi) is 10.4. The van der Waals surface area contributed by atoms with Crippen molar-refractivity contribution in [2.45, 2.75) is 32.1 Å². The first-order chi connectivity index (χ1) is 15.0. The molecule has 0 amide bonds. The van der Waals surface area contributed by atoms with Crippen LogP contribution < -0.4 is 4.74 Å². The molecule has 3 rings (SSSR count). The normalized spacial score (nSPS) is 16.7. The van der Waals surface area contributed by atoms with E-state index in [0.717, 1.165) is 57.7 Å². The third-order valence-electron chi connectivity index (χ3n) is 6.47. The van der Waals surface area contributed by atoms with E-state index >= 15 is 0 Å². The lowest BCUT2D eigenvalue weighted by atomic mass is 9.70. The lowest BCUT2D eigenvalue weighted by molar-refractivity contribution is 0.114. The van der Waals surface area contributed by atoms with Crippen molar-refractivity contribution in [2.75, 3.05) is 45.9 Å². The number of hydrogen-bond donors (Lipinski definition) is 0. The molecule has 2 aromatic rings. The topological polar surface area (TPSA) is 39.5 Å². The zero-order valence-electron chi connectivity index (χ0n) is 19.2. The molecule has 0 spiro atoms. The number of halogens is 2. The SMILES string of the molecule is CC(C)C(C#N)(CCCN1CCN(CCOc2ccc(F)cc2)CC1)c1ccccc1.Cl. The van der Waals surface area contributed by atoms with E-state index < -0.39 is 5.41 Å². The molecule has 0 N–H and O–H groups in total. The van der Waals surface area contributed by atoms with E-state index in [1.54, 1.807) is 12.1 Å². The highest BCUT2D eigenvalue weighted by Crippen LogP contribution is 2.36. The highest BCUT2D eigenvalue weighted by molar-refractivity contribution is 5.85. The van der Waals surface area contributed by atoms with E-state index in [0.29, 0.717) is 12.4 Å². The minimum atomic E-state index is -0.416. The second-order valence-corrected chi connectivity index (χ2v) is 8.69. The third kappa shape index (κ3) is 6.93. The fraction of sp³-hybridized carbons (Fsp3) is 0.500. The van der Waals surface area contributed by atoms with Gasteiger partial charge < -0.3 is 9.64 Å². The second kappa shape index (κ2) is 12.8. The van der Waals surface area contributed by atoms with E-state index in [1.807, 2.05) is 18.2 Å². The average molecular weight is 460 g/mol. The Morgan fingerprint density at radius 2 is 1.56 bits per heavy atom. The van der Waals surface area contributed by atoms with Crippen LogP contribution in [0.15, 0.2) is 54.6 Å². The monoisotopic (exact) mass is 459 g/mol. The van der Waals surface area contributed by atoms with Gasteiger partial charge in [0.2, 0.25) is 0 Å². The van der Waals surface area contributed by atoms with Gasteiger partial charge in [0.1, 0.15) is 18.2 Å². The molecule has 0 aliphatic carbocycles. The zero-order chi connectivity index (χ0) is 22.1. The molecule has 0 aromatic heterocycles. The highest BCUT2D eigenvalue weighted by Gasteiger charge is 2.35. The van der Waals surface area contributed by atoms with E-state index in [-0.39, 0.29) is 24.1 Å². The van der Waals surface area contributed by atoms with Gasteiger partial charge in [-0.2, -0.15) is 5.26 Å². The number of nitriles is 1. The Balaban J connectivity index is 0.00000363. The summed E-state index contributed by atoms with van der Waals surface area (Å²) in [6.07, 6.45) is 1.91. The fourth-order valence-corrected chi connectivity index (χ4v) is 4.39. The van der Waals surface area contributed by atoms with Crippen molar-refractivity contribution in [3.05, 3.63) is 66.0 Å². The summed E-state index contributed by atoms with van der Waals surface area (Å²) in [6, 6.07) is 19.1. The molecule has 1 aliphatic heterocycles. The van der Waals surface area contributed by atoms with Crippen LogP contribution in [0.25, 0.3) is 0 Å². The minimum absolute atomic E-state index is 0. The van der Waals surface area contributed by atoms with E-state index in [4.69, 9.17) is 4.74 Å². The van der Waals surface area contributed by atoms with Crippen LogP contribution in [0.1, 0.15) is 32.3 Å². The quantitative estimate of drug-likeness (QED) is 0.493. The van der Waals surface area contributed by atoms with Gasteiger partial charge in [0.15, 0.2) is 0 Å². The molecule has 1 heterocycles. The number of nitrogens with zero attached hydrogens (tertiary/aromatic N) is 3. The van der Waals surface area contributed by atoms with Crippen molar-refractivity contribution in [1.82, 2.24) is 9.80 Å². The fourth-order valence-electron chi connectivity index (χ4n) is 4.39. The summed E-state index contributed by atoms with van der Waals surface area (Å²) in [5, 5.41) is 10.0. The Morgan fingerprint density at radius 3 is 2.12 bits per heavy atom. The molecule has 0 bridgehead atoms. The van der Waals surface area contributed by atoms with Gasteiger partial charge in [-0.05, 0) is 55.1 Å². The zero-order valence-corrected chi connectivity index (χ0v) is 20.0. The van der Waals surface area contributed by atoms with Crippen molar-refractivity contribution in [3.63, 3.8) is 0 Å². The van der Waals surface area contributed by atoms with E-state index in [1.165, 1.54) is 12.1 Å². The molecule has 6 heteroatoms. The van der Waals surface area contributed by atoms with Gasteiger partial charge in [-0.3, -0.25) is 4.90 Å². The molecule has 1 saturated heterocycles. The Bertz CT molecular complexity index is 832. The molecule has 32 heavy (non-hydrogen) atoms. The molecule has 0 saturated carbocycles. The number of rotatable bonds is 10. The summed E-state index contributed by atoms with van der Waals surface area (Å²) in [5.74, 6) is 0.745. The maximum absolute atomic E-state index is 13.0. The van der Waals surface area contributed by atoms with Crippen LogP contribution in [-0.4, -0.2) is 55.7 Å². The van der Waals surface area contributed by atoms with Crippen LogP contribution >= 0.6 is 12.4 Å². The van der Waals surface area contributed by atoms with Crippen molar-refractivity contribution >= 4 is 12.4 Å². The van der Waals surface area contributed by atoms with Crippen LogP contribution in [0.5, 0.6) is 5.75 Å². The Hall–Kier alpha value is -2.13. The van der Waals surface area contributed by atoms with E-state index in [9.17, 15) is 9.65 Å². The molecular formula is C26H35ClFN3O. The van der Waals surface area contributed by atoms with Gasteiger partial charge in [0, 0.05) is 32.7 Å². The maximum Gasteiger partial charge on any atom is 0.123 e. The number of benzene rings is 2. The molecule has 174 valence electrons. The van der Waals surface area contributed by atoms with Crippen molar-refractivity contribution in [1.29, 1.82) is 5.26 Å². The van der Waals surface area contributed by atoms with Gasteiger partial charge >= 0.3 is 0 Å². The van der Waals surface area contributed by atoms with Gasteiger partial charge in [-0.25, -0.2) is 4.39 Å². The molecule has 4 nitrogen and oxygen atoms in total. The predicted molar refractivity (Wildman–Crippen MR) is 130 cm³/mol. The van der Waals surface area contributed by atoms with Crippen LogP contribution in [0.2, 0.25) is 0 Å². The molecular weight excluding hydrogens is 425 g/mol. The number of ether oxygens (including phenoxy) is 1. The number of piperazine rings is 1. The molecule has 2 aromatic carbocycles. The van der Waals surface area contributed by atoms with E-state index in [2.05, 4.69) is 41.8 Å². The number of hydrogen-bond acceptors (Lipinski definition) is 4. The molecule has 1 aliphatic rings. The lowest BCUT2D eigenvalue weighted by Crippen LogP contribution is -2.47. The van der Waals surface area contributed by atoms with Gasteiger partial charge in [-0.15, -0.1) is 12.4 Å². The van der Waals surface area contributed by atoms with Gasteiger partial charge in [-0.1, -0.05) is 44.2 Å². The van der Waals surface area contributed by atoms with Gasteiger partial charge in [0.25, 0.3) is 0 Å². The van der Waals surface area contributed by atoms with Crippen LogP contribution in [0.4, 0.5) is 4.39 Å². The minimum Gasteiger partial charge on any atom is -0.492 e. The first-order valence-corrected chi connectivity index (χ1v) is 11.3. The van der Waals surface area contributed by atoms with Crippen LogP contribution in [0, 0.1) is 23.1 Å². The molecule has 1 atom stereocenters. The summed E-state index contributed by atoms with van der Waals surface area (Å²) < 4.78 is 18.7. The largest absolute Gasteiger partial charge is 0.492 e. The second-order valence-electron chi connectivity index (χ2n) is 8.69. The van der Waals surface area contributed by atoms with Crippen molar-refractivity contribution in [2.24, 2.45) is 5.92 Å². The Labute approximate surface area is 198 Å². The predicted octanol–water partition coefficient (Wildman–Crippen LogP) is 5.14. The summed E-state index contributed by atoms with van der Waals surface area (Å²) in [6.45, 7) is 11.0. The smallest absolute Gasteiger partial charge is 0.123 e. The van der Waals surface area contributed by atoms with Gasteiger partial charge in [0.05, 0.1) is 11.5 Å². The average Bonchev–Trinajstić information content (AvgIpc) is 2.79. The first-order valence-electron chi connectivity index (χ1n) is 11.3. The van der Waals surface area contributed by atoms with Crippen molar-refractivity contribution in [3.8, 4) is 11.8 Å². The first kappa shape index (κ1) is 26.1. The maximum atomic E-state index is 13.0. The highest BCUT2D eigenvalue weighted by atomic mass is 35.5.